The molecule has 0 saturated carbocycles. The van der Waals surface area contributed by atoms with Crippen LogP contribution in [0.1, 0.15) is 4.88 Å². The van der Waals surface area contributed by atoms with Crippen molar-refractivity contribution in [3.63, 3.8) is 0 Å². The summed E-state index contributed by atoms with van der Waals surface area (Å²) in [6, 6.07) is 2.00. The number of hydrogen-bond acceptors (Lipinski definition) is 2. The zero-order valence-electron chi connectivity index (χ0n) is 5.55. The lowest BCUT2D eigenvalue weighted by Gasteiger charge is -1.79. The minimum atomic E-state index is 0.0904. The summed E-state index contributed by atoms with van der Waals surface area (Å²) in [4.78, 5) is 1.12. The van der Waals surface area contributed by atoms with Gasteiger partial charge in [-0.1, -0.05) is 6.08 Å². The smallest absolute Gasteiger partial charge is 0.0846 e. The van der Waals surface area contributed by atoms with Crippen molar-refractivity contribution in [2.45, 2.75) is 0 Å². The quantitative estimate of drug-likeness (QED) is 0.888. The molecule has 0 amide bonds. The van der Waals surface area contributed by atoms with E-state index in [2.05, 4.69) is 31.9 Å². The number of aliphatic hydroxyl groups excluding tert-OH is 1. The third-order valence-electron chi connectivity index (χ3n) is 1.05. The molecule has 0 aliphatic heterocycles. The van der Waals surface area contributed by atoms with Gasteiger partial charge in [0.15, 0.2) is 0 Å². The molecule has 0 aliphatic carbocycles. The second-order valence-corrected chi connectivity index (χ2v) is 5.11. The summed E-state index contributed by atoms with van der Waals surface area (Å²) in [5.74, 6) is 0. The van der Waals surface area contributed by atoms with Crippen LogP contribution in [0.25, 0.3) is 6.08 Å². The fraction of sp³-hybridized carbons (Fsp3) is 0.143. The predicted octanol–water partition coefficient (Wildman–Crippen LogP) is 3.28. The Hall–Kier alpha value is 0.360. The lowest BCUT2D eigenvalue weighted by Crippen LogP contribution is -1.68. The zero-order valence-corrected chi connectivity index (χ0v) is 9.54. The van der Waals surface area contributed by atoms with E-state index < -0.39 is 0 Å². The van der Waals surface area contributed by atoms with Crippen molar-refractivity contribution in [2.24, 2.45) is 0 Å². The summed E-state index contributed by atoms with van der Waals surface area (Å²) >= 11 is 8.38. The van der Waals surface area contributed by atoms with Gasteiger partial charge in [-0.2, -0.15) is 0 Å². The van der Waals surface area contributed by atoms with Gasteiger partial charge in [0.05, 0.1) is 10.4 Å². The molecule has 0 aromatic carbocycles. The molecular formula is C7H6Br2OS. The third-order valence-corrected chi connectivity index (χ3v) is 4.27. The monoisotopic (exact) mass is 296 g/mol. The second kappa shape index (κ2) is 4.40. The number of aliphatic hydroxyl groups is 1. The van der Waals surface area contributed by atoms with Crippen molar-refractivity contribution in [1.29, 1.82) is 0 Å². The van der Waals surface area contributed by atoms with E-state index in [0.29, 0.717) is 0 Å². The molecular weight excluding hydrogens is 292 g/mol. The maximum atomic E-state index is 8.50. The van der Waals surface area contributed by atoms with Gasteiger partial charge in [-0.3, -0.25) is 0 Å². The fourth-order valence-electron chi connectivity index (χ4n) is 0.614. The first-order valence-corrected chi connectivity index (χ1v) is 5.36. The minimum absolute atomic E-state index is 0.0904. The second-order valence-electron chi connectivity index (χ2n) is 1.86. The molecule has 1 aromatic rings. The molecule has 0 aliphatic rings. The van der Waals surface area contributed by atoms with Crippen LogP contribution in [0.15, 0.2) is 20.4 Å². The number of halogens is 2. The summed E-state index contributed by atoms with van der Waals surface area (Å²) < 4.78 is 2.13. The molecule has 0 radical (unpaired) electrons. The Morgan fingerprint density at radius 2 is 2.27 bits per heavy atom. The van der Waals surface area contributed by atoms with Gasteiger partial charge in [-0.05, 0) is 44.0 Å². The van der Waals surface area contributed by atoms with Crippen molar-refractivity contribution in [1.82, 2.24) is 0 Å². The van der Waals surface area contributed by atoms with Gasteiger partial charge in [0.1, 0.15) is 0 Å². The average molecular weight is 298 g/mol. The van der Waals surface area contributed by atoms with Gasteiger partial charge in [0.2, 0.25) is 0 Å². The van der Waals surface area contributed by atoms with Crippen molar-refractivity contribution in [3.05, 3.63) is 25.3 Å². The number of thiophene rings is 1. The topological polar surface area (TPSA) is 20.2 Å². The van der Waals surface area contributed by atoms with E-state index in [1.54, 1.807) is 17.4 Å². The Morgan fingerprint density at radius 3 is 2.73 bits per heavy atom. The van der Waals surface area contributed by atoms with Gasteiger partial charge in [-0.15, -0.1) is 11.3 Å². The van der Waals surface area contributed by atoms with Crippen LogP contribution in [0.3, 0.4) is 0 Å². The Labute approximate surface area is 86.0 Å². The van der Waals surface area contributed by atoms with E-state index in [1.165, 1.54) is 0 Å². The highest BCUT2D eigenvalue weighted by atomic mass is 79.9. The Balaban J connectivity index is 2.80. The first-order chi connectivity index (χ1) is 5.24. The van der Waals surface area contributed by atoms with Crippen LogP contribution in [-0.2, 0) is 0 Å². The fourth-order valence-corrected chi connectivity index (χ4v) is 2.63. The van der Waals surface area contributed by atoms with Crippen LogP contribution < -0.4 is 0 Å². The third kappa shape index (κ3) is 2.71. The van der Waals surface area contributed by atoms with Gasteiger partial charge in [0.25, 0.3) is 0 Å². The summed E-state index contributed by atoms with van der Waals surface area (Å²) in [6.07, 6.45) is 3.60. The molecule has 4 heteroatoms. The number of hydrogen-bond donors (Lipinski definition) is 1. The Kier molecular flexibility index (Phi) is 3.78. The molecule has 1 N–H and O–H groups in total. The van der Waals surface area contributed by atoms with Gasteiger partial charge >= 0.3 is 0 Å². The maximum Gasteiger partial charge on any atom is 0.0846 e. The minimum Gasteiger partial charge on any atom is -0.392 e. The number of rotatable bonds is 2. The van der Waals surface area contributed by atoms with Crippen molar-refractivity contribution < 1.29 is 5.11 Å². The first-order valence-electron chi connectivity index (χ1n) is 2.96. The van der Waals surface area contributed by atoms with E-state index in [1.807, 2.05) is 12.1 Å². The van der Waals surface area contributed by atoms with E-state index in [9.17, 15) is 0 Å². The molecule has 1 rings (SSSR count). The predicted molar refractivity (Wildman–Crippen MR) is 55.8 cm³/mol. The molecule has 1 heterocycles. The van der Waals surface area contributed by atoms with E-state index in [-0.39, 0.29) is 6.61 Å². The summed E-state index contributed by atoms with van der Waals surface area (Å²) in [6.45, 7) is 0.0904. The molecule has 0 spiro atoms. The zero-order chi connectivity index (χ0) is 8.27. The van der Waals surface area contributed by atoms with Crippen LogP contribution in [0.4, 0.5) is 0 Å². The molecule has 11 heavy (non-hydrogen) atoms. The van der Waals surface area contributed by atoms with Crippen LogP contribution >= 0.6 is 43.2 Å². The average Bonchev–Trinajstić information content (AvgIpc) is 2.28. The SMILES string of the molecule is OC/C=C/c1cc(Br)c(Br)s1. The van der Waals surface area contributed by atoms with Crippen LogP contribution in [0.2, 0.25) is 0 Å². The summed E-state index contributed by atoms with van der Waals surface area (Å²) in [7, 11) is 0. The summed E-state index contributed by atoms with van der Waals surface area (Å²) in [5, 5.41) is 8.50. The van der Waals surface area contributed by atoms with Crippen LogP contribution in [-0.4, -0.2) is 11.7 Å². The molecule has 60 valence electrons. The molecule has 1 nitrogen and oxygen atoms in total. The molecule has 0 bridgehead atoms. The Morgan fingerprint density at radius 1 is 1.55 bits per heavy atom. The van der Waals surface area contributed by atoms with Crippen LogP contribution in [0.5, 0.6) is 0 Å². The molecule has 0 saturated heterocycles. The molecule has 0 fully saturated rings. The van der Waals surface area contributed by atoms with Crippen molar-refractivity contribution >= 4 is 49.3 Å². The Bertz CT molecular complexity index is 248. The van der Waals surface area contributed by atoms with Crippen LogP contribution in [0, 0.1) is 0 Å². The van der Waals surface area contributed by atoms with Gasteiger partial charge in [0, 0.05) is 9.35 Å². The van der Waals surface area contributed by atoms with Crippen molar-refractivity contribution in [3.8, 4) is 0 Å². The summed E-state index contributed by atoms with van der Waals surface area (Å²) in [5.41, 5.74) is 0. The maximum absolute atomic E-state index is 8.50. The lowest BCUT2D eigenvalue weighted by atomic mass is 10.4. The molecule has 0 unspecified atom stereocenters. The molecule has 0 atom stereocenters. The van der Waals surface area contributed by atoms with Crippen molar-refractivity contribution in [2.75, 3.05) is 6.61 Å². The van der Waals surface area contributed by atoms with E-state index in [0.717, 1.165) is 13.1 Å². The van der Waals surface area contributed by atoms with Gasteiger partial charge < -0.3 is 5.11 Å². The van der Waals surface area contributed by atoms with Gasteiger partial charge in [-0.25, -0.2) is 0 Å². The van der Waals surface area contributed by atoms with E-state index >= 15 is 0 Å². The first kappa shape index (κ1) is 9.45. The van der Waals surface area contributed by atoms with E-state index in [4.69, 9.17) is 5.11 Å². The highest BCUT2D eigenvalue weighted by Crippen LogP contribution is 2.32. The highest BCUT2D eigenvalue weighted by molar-refractivity contribution is 9.13. The normalized spacial score (nSPS) is 11.2. The largest absolute Gasteiger partial charge is 0.392 e. The highest BCUT2D eigenvalue weighted by Gasteiger charge is 1.99. The lowest BCUT2D eigenvalue weighted by molar-refractivity contribution is 0.343. The standard InChI is InChI=1S/C7H6Br2OS/c8-6-4-5(2-1-3-10)11-7(6)9/h1-2,4,10H,3H2/b2-1+. The molecule has 1 aromatic heterocycles.